The highest BCUT2D eigenvalue weighted by Crippen LogP contribution is 2.46. The Hall–Kier alpha value is -3.12. The number of benzene rings is 2. The number of carboxylic acid groups (broad SMARTS) is 1. The number of hydrogen-bond acceptors (Lipinski definition) is 4. The van der Waals surface area contributed by atoms with Crippen molar-refractivity contribution in [3.05, 3.63) is 75.8 Å². The molecule has 1 aliphatic rings. The lowest BCUT2D eigenvalue weighted by atomic mass is 9.95. The third-order valence-electron chi connectivity index (χ3n) is 4.95. The molecule has 0 radical (unpaired) electrons. The van der Waals surface area contributed by atoms with E-state index in [2.05, 4.69) is 10.2 Å². The maximum absolute atomic E-state index is 13.7. The first-order valence-corrected chi connectivity index (χ1v) is 9.61. The molecule has 3 aromatic rings. The zero-order valence-corrected chi connectivity index (χ0v) is 16.9. The monoisotopic (exact) mass is 491 g/mol. The molecule has 6 nitrogen and oxygen atoms in total. The van der Waals surface area contributed by atoms with Crippen LogP contribution in [0.25, 0.3) is 5.69 Å². The molecule has 0 bridgehead atoms. The predicted octanol–water partition coefficient (Wildman–Crippen LogP) is 5.59. The zero-order chi connectivity index (χ0) is 24.1. The van der Waals surface area contributed by atoms with Gasteiger partial charge in [0.1, 0.15) is 12.2 Å². The Kier molecular flexibility index (Phi) is 5.61. The van der Waals surface area contributed by atoms with Gasteiger partial charge in [0, 0.05) is 10.6 Å². The number of carbonyl (C=O) groups is 1. The van der Waals surface area contributed by atoms with Crippen LogP contribution < -0.4 is 0 Å². The molecular formula is C20H12ClF6N3O3. The molecule has 1 N–H and O–H groups in total. The van der Waals surface area contributed by atoms with E-state index in [0.29, 0.717) is 4.57 Å². The van der Waals surface area contributed by atoms with E-state index in [1.165, 1.54) is 18.2 Å². The highest BCUT2D eigenvalue weighted by Gasteiger charge is 2.44. The Morgan fingerprint density at radius 3 is 2.36 bits per heavy atom. The molecule has 2 aromatic carbocycles. The summed E-state index contributed by atoms with van der Waals surface area (Å²) < 4.78 is 88.6. The normalized spacial score (nSPS) is 18.4. The van der Waals surface area contributed by atoms with Crippen molar-refractivity contribution in [3.8, 4) is 5.69 Å². The minimum Gasteiger partial charge on any atom is -0.481 e. The second-order valence-corrected chi connectivity index (χ2v) is 7.54. The Morgan fingerprint density at radius 2 is 1.73 bits per heavy atom. The summed E-state index contributed by atoms with van der Waals surface area (Å²) in [4.78, 5) is 11.4. The van der Waals surface area contributed by atoms with Crippen LogP contribution in [0.15, 0.2) is 42.5 Å². The first kappa shape index (κ1) is 23.1. The highest BCUT2D eigenvalue weighted by molar-refractivity contribution is 6.30. The maximum Gasteiger partial charge on any atom is 0.452 e. The van der Waals surface area contributed by atoms with Gasteiger partial charge in [0.05, 0.1) is 17.7 Å². The number of ether oxygens (including phenoxy) is 1. The standard InChI is InChI=1S/C20H12ClF6N3O3/c21-9-5-6-13-11(7-9)16(10-3-1-2-4-12(10)19(22,23)24)33-14(8-15(31)32)17-28-29-18(30(13)17)20(25,26)27/h1-7,14,16H,8H2,(H,31,32)/t14-,16-/m0/s1. The van der Waals surface area contributed by atoms with Crippen LogP contribution >= 0.6 is 11.6 Å². The first-order valence-electron chi connectivity index (χ1n) is 9.23. The van der Waals surface area contributed by atoms with Crippen molar-refractivity contribution in [2.24, 2.45) is 0 Å². The summed E-state index contributed by atoms with van der Waals surface area (Å²) in [5.41, 5.74) is -1.89. The topological polar surface area (TPSA) is 77.2 Å². The molecular weight excluding hydrogens is 480 g/mol. The van der Waals surface area contributed by atoms with Gasteiger partial charge in [0.15, 0.2) is 5.82 Å². The summed E-state index contributed by atoms with van der Waals surface area (Å²) >= 11 is 6.03. The van der Waals surface area contributed by atoms with Crippen LogP contribution in [-0.2, 0) is 21.9 Å². The lowest BCUT2D eigenvalue weighted by molar-refractivity contribution is -0.146. The zero-order valence-electron chi connectivity index (χ0n) is 16.2. The van der Waals surface area contributed by atoms with Crippen molar-refractivity contribution in [1.82, 2.24) is 14.8 Å². The average molecular weight is 492 g/mol. The fraction of sp³-hybridized carbons (Fsp3) is 0.250. The fourth-order valence-electron chi connectivity index (χ4n) is 3.69. The van der Waals surface area contributed by atoms with Gasteiger partial charge in [-0.3, -0.25) is 9.36 Å². The van der Waals surface area contributed by atoms with Crippen molar-refractivity contribution in [1.29, 1.82) is 0 Å². The van der Waals surface area contributed by atoms with Crippen LogP contribution in [0, 0.1) is 0 Å². The van der Waals surface area contributed by atoms with Crippen molar-refractivity contribution in [3.63, 3.8) is 0 Å². The van der Waals surface area contributed by atoms with Crippen LogP contribution in [0.3, 0.4) is 0 Å². The third kappa shape index (κ3) is 4.27. The SMILES string of the molecule is O=C(O)C[C@@H]1O[C@@H](c2ccccc2C(F)(F)F)c2cc(Cl)ccc2-n2c1nnc2C(F)(F)F. The largest absolute Gasteiger partial charge is 0.481 e. The number of aliphatic carboxylic acids is 1. The number of hydrogen-bond donors (Lipinski definition) is 1. The highest BCUT2D eigenvalue weighted by atomic mass is 35.5. The average Bonchev–Trinajstić information content (AvgIpc) is 3.11. The maximum atomic E-state index is 13.7. The summed E-state index contributed by atoms with van der Waals surface area (Å²) in [6.07, 6.45) is -14.0. The van der Waals surface area contributed by atoms with E-state index in [1.54, 1.807) is 0 Å². The van der Waals surface area contributed by atoms with Crippen molar-refractivity contribution in [2.75, 3.05) is 0 Å². The smallest absolute Gasteiger partial charge is 0.452 e. The molecule has 0 unspecified atom stereocenters. The molecule has 4 rings (SSSR count). The summed E-state index contributed by atoms with van der Waals surface area (Å²) in [5.74, 6) is -3.46. The minimum absolute atomic E-state index is 0.0201. The lowest BCUT2D eigenvalue weighted by Gasteiger charge is -2.25. The Morgan fingerprint density at radius 1 is 1.03 bits per heavy atom. The van der Waals surface area contributed by atoms with Crippen molar-refractivity contribution < 1.29 is 41.0 Å². The van der Waals surface area contributed by atoms with Gasteiger partial charge in [0.25, 0.3) is 0 Å². The van der Waals surface area contributed by atoms with Gasteiger partial charge in [-0.1, -0.05) is 29.8 Å². The number of nitrogens with zero attached hydrogens (tertiary/aromatic N) is 3. The van der Waals surface area contributed by atoms with Crippen LogP contribution in [0.5, 0.6) is 0 Å². The van der Waals surface area contributed by atoms with E-state index in [0.717, 1.165) is 24.3 Å². The summed E-state index contributed by atoms with van der Waals surface area (Å²) in [6.45, 7) is 0. The third-order valence-corrected chi connectivity index (χ3v) is 5.19. The lowest BCUT2D eigenvalue weighted by Crippen LogP contribution is -2.18. The van der Waals surface area contributed by atoms with Crippen LogP contribution in [0.1, 0.15) is 47.0 Å². The number of alkyl halides is 6. The van der Waals surface area contributed by atoms with Gasteiger partial charge in [0.2, 0.25) is 5.82 Å². The first-order chi connectivity index (χ1) is 15.4. The molecule has 2 heterocycles. The van der Waals surface area contributed by atoms with Crippen LogP contribution in [0.2, 0.25) is 5.02 Å². The Labute approximate surface area is 186 Å². The number of fused-ring (bicyclic) bond motifs is 3. The Balaban J connectivity index is 2.04. The fourth-order valence-corrected chi connectivity index (χ4v) is 3.87. The second kappa shape index (κ2) is 8.03. The molecule has 0 aliphatic carbocycles. The molecule has 174 valence electrons. The summed E-state index contributed by atoms with van der Waals surface area (Å²) in [6, 6.07) is 7.92. The molecule has 0 saturated carbocycles. The van der Waals surface area contributed by atoms with E-state index in [-0.39, 0.29) is 16.3 Å². The van der Waals surface area contributed by atoms with Gasteiger partial charge in [-0.15, -0.1) is 10.2 Å². The molecule has 1 aromatic heterocycles. The minimum atomic E-state index is -5.00. The quantitative estimate of drug-likeness (QED) is 0.483. The number of carboxylic acids is 1. The molecule has 13 heteroatoms. The van der Waals surface area contributed by atoms with Gasteiger partial charge in [-0.25, -0.2) is 0 Å². The van der Waals surface area contributed by atoms with Crippen molar-refractivity contribution >= 4 is 17.6 Å². The molecule has 33 heavy (non-hydrogen) atoms. The van der Waals surface area contributed by atoms with Crippen LogP contribution in [0.4, 0.5) is 26.3 Å². The summed E-state index contributed by atoms with van der Waals surface area (Å²) in [7, 11) is 0. The predicted molar refractivity (Wildman–Crippen MR) is 101 cm³/mol. The van der Waals surface area contributed by atoms with E-state index in [9.17, 15) is 36.2 Å². The van der Waals surface area contributed by atoms with E-state index in [4.69, 9.17) is 16.3 Å². The molecule has 0 saturated heterocycles. The van der Waals surface area contributed by atoms with E-state index < -0.39 is 59.7 Å². The molecule has 2 atom stereocenters. The van der Waals surface area contributed by atoms with Gasteiger partial charge >= 0.3 is 18.3 Å². The van der Waals surface area contributed by atoms with Gasteiger partial charge in [-0.05, 0) is 29.8 Å². The molecule has 0 spiro atoms. The summed E-state index contributed by atoms with van der Waals surface area (Å²) in [5, 5.41) is 15.9. The molecule has 0 amide bonds. The number of aromatic nitrogens is 3. The second-order valence-electron chi connectivity index (χ2n) is 7.11. The van der Waals surface area contributed by atoms with E-state index in [1.807, 2.05) is 0 Å². The molecule has 1 aliphatic heterocycles. The number of rotatable bonds is 3. The molecule has 0 fully saturated rings. The number of halogens is 7. The van der Waals surface area contributed by atoms with E-state index >= 15 is 0 Å². The Bertz CT molecular complexity index is 1220. The van der Waals surface area contributed by atoms with Crippen LogP contribution in [-0.4, -0.2) is 25.8 Å². The van der Waals surface area contributed by atoms with Crippen molar-refractivity contribution in [2.45, 2.75) is 31.0 Å². The van der Waals surface area contributed by atoms with Gasteiger partial charge in [-0.2, -0.15) is 26.3 Å². The van der Waals surface area contributed by atoms with Gasteiger partial charge < -0.3 is 9.84 Å².